The summed E-state index contributed by atoms with van der Waals surface area (Å²) in [5.41, 5.74) is 1.98. The molecular formula is C15H18N2O3S. The molecule has 0 fully saturated rings. The van der Waals surface area contributed by atoms with Crippen LogP contribution in [0, 0.1) is 13.8 Å². The van der Waals surface area contributed by atoms with E-state index in [1.54, 1.807) is 22.8 Å². The third kappa shape index (κ3) is 3.21. The number of rotatable bonds is 5. The molecule has 1 unspecified atom stereocenters. The predicted octanol–water partition coefficient (Wildman–Crippen LogP) is 2.55. The SMILES string of the molecule is Cc1nc(=O)n(C(C)c2cccs2)c(C)c1CCC(=O)O. The van der Waals surface area contributed by atoms with Crippen molar-refractivity contribution in [1.82, 2.24) is 9.55 Å². The standard InChI is InChI=1S/C15H18N2O3S/c1-9-12(6-7-14(18)19)10(2)17(15(20)16-9)11(3)13-5-4-8-21-13/h4-5,8,11H,6-7H2,1-3H3,(H,18,19). The van der Waals surface area contributed by atoms with Crippen LogP contribution >= 0.6 is 11.3 Å². The van der Waals surface area contributed by atoms with E-state index in [0.717, 1.165) is 16.1 Å². The Bertz CT molecular complexity index is 704. The first-order chi connectivity index (χ1) is 9.91. The summed E-state index contributed by atoms with van der Waals surface area (Å²) in [7, 11) is 0. The first-order valence-electron chi connectivity index (χ1n) is 6.75. The second-order valence-electron chi connectivity index (χ2n) is 5.00. The largest absolute Gasteiger partial charge is 0.481 e. The number of hydrogen-bond acceptors (Lipinski definition) is 4. The molecule has 0 aromatic carbocycles. The monoisotopic (exact) mass is 306 g/mol. The van der Waals surface area contributed by atoms with Crippen LogP contribution in [0.1, 0.15) is 41.2 Å². The van der Waals surface area contributed by atoms with Gasteiger partial charge in [-0.1, -0.05) is 6.07 Å². The van der Waals surface area contributed by atoms with E-state index in [2.05, 4.69) is 4.98 Å². The summed E-state index contributed by atoms with van der Waals surface area (Å²) in [4.78, 5) is 28.1. The van der Waals surface area contributed by atoms with Crippen LogP contribution in [0.4, 0.5) is 0 Å². The minimum atomic E-state index is -0.849. The van der Waals surface area contributed by atoms with Gasteiger partial charge in [-0.3, -0.25) is 9.36 Å². The van der Waals surface area contributed by atoms with Crippen LogP contribution in [-0.4, -0.2) is 20.6 Å². The maximum atomic E-state index is 12.2. The second-order valence-corrected chi connectivity index (χ2v) is 5.98. The fourth-order valence-corrected chi connectivity index (χ4v) is 3.30. The predicted molar refractivity (Wildman–Crippen MR) is 82.1 cm³/mol. The van der Waals surface area contributed by atoms with Gasteiger partial charge in [-0.05, 0) is 44.2 Å². The molecule has 112 valence electrons. The number of hydrogen-bond donors (Lipinski definition) is 1. The first-order valence-corrected chi connectivity index (χ1v) is 7.63. The molecule has 0 spiro atoms. The summed E-state index contributed by atoms with van der Waals surface area (Å²) in [6.07, 6.45) is 0.423. The lowest BCUT2D eigenvalue weighted by atomic mass is 10.1. The van der Waals surface area contributed by atoms with E-state index >= 15 is 0 Å². The van der Waals surface area contributed by atoms with Crippen molar-refractivity contribution in [2.75, 3.05) is 0 Å². The fraction of sp³-hybridized carbons (Fsp3) is 0.400. The van der Waals surface area contributed by atoms with Crippen molar-refractivity contribution in [3.63, 3.8) is 0 Å². The maximum Gasteiger partial charge on any atom is 0.348 e. The highest BCUT2D eigenvalue weighted by molar-refractivity contribution is 7.10. The highest BCUT2D eigenvalue weighted by Gasteiger charge is 2.18. The van der Waals surface area contributed by atoms with Crippen molar-refractivity contribution in [3.8, 4) is 0 Å². The van der Waals surface area contributed by atoms with E-state index in [9.17, 15) is 9.59 Å². The van der Waals surface area contributed by atoms with E-state index in [-0.39, 0.29) is 18.2 Å². The average Bonchev–Trinajstić information content (AvgIpc) is 2.91. The van der Waals surface area contributed by atoms with Crippen LogP contribution in [0.25, 0.3) is 0 Å². The summed E-state index contributed by atoms with van der Waals surface area (Å²) in [6.45, 7) is 5.57. The Kier molecular flexibility index (Phi) is 4.57. The lowest BCUT2D eigenvalue weighted by Gasteiger charge is -2.20. The number of carboxylic acids is 1. The van der Waals surface area contributed by atoms with Gasteiger partial charge in [0.2, 0.25) is 0 Å². The summed E-state index contributed by atoms with van der Waals surface area (Å²) < 4.78 is 1.65. The van der Waals surface area contributed by atoms with E-state index < -0.39 is 5.97 Å². The van der Waals surface area contributed by atoms with E-state index in [0.29, 0.717) is 12.1 Å². The van der Waals surface area contributed by atoms with E-state index in [4.69, 9.17) is 5.11 Å². The molecule has 0 aliphatic carbocycles. The Hall–Kier alpha value is -1.95. The molecule has 0 bridgehead atoms. The molecule has 6 heteroatoms. The van der Waals surface area contributed by atoms with E-state index in [1.807, 2.05) is 31.4 Å². The van der Waals surface area contributed by atoms with E-state index in [1.165, 1.54) is 0 Å². The molecule has 0 aliphatic rings. The van der Waals surface area contributed by atoms with Crippen molar-refractivity contribution in [2.45, 2.75) is 39.7 Å². The Morgan fingerprint density at radius 2 is 2.19 bits per heavy atom. The van der Waals surface area contributed by atoms with Crippen molar-refractivity contribution < 1.29 is 9.90 Å². The van der Waals surface area contributed by atoms with Crippen molar-refractivity contribution in [3.05, 3.63) is 49.8 Å². The Labute approximate surface area is 126 Å². The summed E-state index contributed by atoms with van der Waals surface area (Å²) in [5.74, 6) is -0.849. The fourth-order valence-electron chi connectivity index (χ4n) is 2.52. The smallest absolute Gasteiger partial charge is 0.348 e. The molecule has 1 N–H and O–H groups in total. The number of thiophene rings is 1. The molecule has 5 nitrogen and oxygen atoms in total. The molecule has 0 radical (unpaired) electrons. The van der Waals surface area contributed by atoms with Gasteiger partial charge in [-0.2, -0.15) is 4.98 Å². The highest BCUT2D eigenvalue weighted by atomic mass is 32.1. The van der Waals surface area contributed by atoms with Crippen molar-refractivity contribution in [2.24, 2.45) is 0 Å². The molecule has 2 aromatic rings. The van der Waals surface area contributed by atoms with Crippen LogP contribution in [-0.2, 0) is 11.2 Å². The van der Waals surface area contributed by atoms with Gasteiger partial charge in [0, 0.05) is 22.7 Å². The van der Waals surface area contributed by atoms with Crippen LogP contribution < -0.4 is 5.69 Å². The molecule has 0 saturated heterocycles. The van der Waals surface area contributed by atoms with Crippen molar-refractivity contribution in [1.29, 1.82) is 0 Å². The van der Waals surface area contributed by atoms with Gasteiger partial charge >= 0.3 is 11.7 Å². The molecule has 0 amide bonds. The summed E-state index contributed by atoms with van der Waals surface area (Å²) in [5, 5.41) is 10.8. The van der Waals surface area contributed by atoms with Crippen LogP contribution in [0.5, 0.6) is 0 Å². The normalized spacial score (nSPS) is 12.3. The zero-order valence-corrected chi connectivity index (χ0v) is 13.1. The second kappa shape index (κ2) is 6.22. The van der Waals surface area contributed by atoms with Gasteiger partial charge in [0.15, 0.2) is 0 Å². The third-order valence-electron chi connectivity index (χ3n) is 3.64. The Morgan fingerprint density at radius 1 is 1.48 bits per heavy atom. The highest BCUT2D eigenvalue weighted by Crippen LogP contribution is 2.24. The molecule has 2 aromatic heterocycles. The Morgan fingerprint density at radius 3 is 2.76 bits per heavy atom. The maximum absolute atomic E-state index is 12.2. The number of aromatic nitrogens is 2. The molecule has 0 aliphatic heterocycles. The molecular weight excluding hydrogens is 288 g/mol. The molecule has 21 heavy (non-hydrogen) atoms. The molecule has 0 saturated carbocycles. The van der Waals surface area contributed by atoms with Crippen molar-refractivity contribution >= 4 is 17.3 Å². The summed E-state index contributed by atoms with van der Waals surface area (Å²) >= 11 is 1.59. The van der Waals surface area contributed by atoms with Gasteiger partial charge in [0.05, 0.1) is 6.04 Å². The molecule has 2 heterocycles. The van der Waals surface area contributed by atoms with Gasteiger partial charge < -0.3 is 5.11 Å². The number of carboxylic acid groups (broad SMARTS) is 1. The lowest BCUT2D eigenvalue weighted by molar-refractivity contribution is -0.136. The molecule has 1 atom stereocenters. The number of aliphatic carboxylic acids is 1. The van der Waals surface area contributed by atoms with Crippen LogP contribution in [0.3, 0.4) is 0 Å². The minimum Gasteiger partial charge on any atom is -0.481 e. The third-order valence-corrected chi connectivity index (χ3v) is 4.68. The minimum absolute atomic E-state index is 0.0367. The lowest BCUT2D eigenvalue weighted by Crippen LogP contribution is -2.30. The Balaban J connectivity index is 2.48. The number of nitrogens with zero attached hydrogens (tertiary/aromatic N) is 2. The average molecular weight is 306 g/mol. The summed E-state index contributed by atoms with van der Waals surface area (Å²) in [6, 6.07) is 3.83. The zero-order valence-electron chi connectivity index (χ0n) is 12.3. The van der Waals surface area contributed by atoms with Crippen LogP contribution in [0.15, 0.2) is 22.3 Å². The van der Waals surface area contributed by atoms with Gasteiger partial charge in [-0.15, -0.1) is 11.3 Å². The number of aryl methyl sites for hydroxylation is 1. The van der Waals surface area contributed by atoms with Crippen LogP contribution in [0.2, 0.25) is 0 Å². The molecule has 2 rings (SSSR count). The van der Waals surface area contributed by atoms with Gasteiger partial charge in [0.1, 0.15) is 0 Å². The topological polar surface area (TPSA) is 72.2 Å². The van der Waals surface area contributed by atoms with Gasteiger partial charge in [0.25, 0.3) is 0 Å². The zero-order chi connectivity index (χ0) is 15.6. The first kappa shape index (κ1) is 15.4. The quantitative estimate of drug-likeness (QED) is 0.921. The van der Waals surface area contributed by atoms with Gasteiger partial charge in [-0.25, -0.2) is 4.79 Å². The number of carbonyl (C=O) groups is 1.